The van der Waals surface area contributed by atoms with Gasteiger partial charge in [0, 0.05) is 12.7 Å². The smallest absolute Gasteiger partial charge is 0.325 e. The summed E-state index contributed by atoms with van der Waals surface area (Å²) >= 11 is 5.90. The summed E-state index contributed by atoms with van der Waals surface area (Å²) in [4.78, 5) is 37.0. The Morgan fingerprint density at radius 1 is 1.04 bits per heavy atom. The van der Waals surface area contributed by atoms with Crippen LogP contribution in [0, 0.1) is 0 Å². The molecular formula is C18H17ClN2O4. The number of hydrogen-bond acceptors (Lipinski definition) is 4. The van der Waals surface area contributed by atoms with Crippen molar-refractivity contribution < 1.29 is 19.1 Å². The van der Waals surface area contributed by atoms with E-state index in [-0.39, 0.29) is 23.0 Å². The van der Waals surface area contributed by atoms with E-state index in [0.717, 1.165) is 0 Å². The summed E-state index contributed by atoms with van der Waals surface area (Å²) < 4.78 is 4.89. The number of rotatable bonds is 6. The van der Waals surface area contributed by atoms with Crippen LogP contribution in [0.2, 0.25) is 5.02 Å². The van der Waals surface area contributed by atoms with Gasteiger partial charge in [-0.25, -0.2) is 0 Å². The van der Waals surface area contributed by atoms with Gasteiger partial charge in [-0.1, -0.05) is 41.9 Å². The molecule has 25 heavy (non-hydrogen) atoms. The SMILES string of the molecule is CN(C(=O)COC(=O)CNC(=O)c1ccccc1Cl)c1ccccc1. The number of carbonyl (C=O) groups is 3. The zero-order valence-corrected chi connectivity index (χ0v) is 14.3. The topological polar surface area (TPSA) is 75.7 Å². The number of para-hydroxylation sites is 1. The van der Waals surface area contributed by atoms with Crippen molar-refractivity contribution in [3.63, 3.8) is 0 Å². The molecule has 0 fully saturated rings. The predicted molar refractivity (Wildman–Crippen MR) is 94.6 cm³/mol. The number of nitrogens with zero attached hydrogens (tertiary/aromatic N) is 1. The lowest BCUT2D eigenvalue weighted by Gasteiger charge is -2.17. The molecule has 0 aliphatic heterocycles. The fourth-order valence-corrected chi connectivity index (χ4v) is 2.20. The number of halogens is 1. The normalized spacial score (nSPS) is 10.0. The van der Waals surface area contributed by atoms with Crippen LogP contribution in [0.25, 0.3) is 0 Å². The highest BCUT2D eigenvalue weighted by molar-refractivity contribution is 6.33. The second-order valence-electron chi connectivity index (χ2n) is 5.11. The monoisotopic (exact) mass is 360 g/mol. The van der Waals surface area contributed by atoms with Crippen molar-refractivity contribution >= 4 is 35.1 Å². The molecule has 0 aromatic heterocycles. The molecule has 7 heteroatoms. The summed E-state index contributed by atoms with van der Waals surface area (Å²) in [5, 5.41) is 2.69. The Hall–Kier alpha value is -2.86. The minimum atomic E-state index is -0.713. The van der Waals surface area contributed by atoms with Crippen LogP contribution in [0.1, 0.15) is 10.4 Å². The van der Waals surface area contributed by atoms with Crippen LogP contribution in [0.3, 0.4) is 0 Å². The lowest BCUT2D eigenvalue weighted by Crippen LogP contribution is -2.34. The number of benzene rings is 2. The van der Waals surface area contributed by atoms with E-state index in [4.69, 9.17) is 16.3 Å². The number of carbonyl (C=O) groups excluding carboxylic acids is 3. The Bertz CT molecular complexity index is 765. The van der Waals surface area contributed by atoms with Crippen molar-refractivity contribution in [1.29, 1.82) is 0 Å². The third kappa shape index (κ3) is 5.32. The van der Waals surface area contributed by atoms with Crippen LogP contribution in [0.4, 0.5) is 5.69 Å². The molecule has 2 aromatic rings. The van der Waals surface area contributed by atoms with Crippen LogP contribution in [-0.2, 0) is 14.3 Å². The summed E-state index contributed by atoms with van der Waals surface area (Å²) in [5.74, 6) is -1.58. The van der Waals surface area contributed by atoms with Crippen molar-refractivity contribution in [1.82, 2.24) is 5.32 Å². The number of amides is 2. The molecule has 6 nitrogen and oxygen atoms in total. The molecule has 2 amide bonds. The summed E-state index contributed by atoms with van der Waals surface area (Å²) in [6.07, 6.45) is 0. The van der Waals surface area contributed by atoms with Gasteiger partial charge >= 0.3 is 5.97 Å². The largest absolute Gasteiger partial charge is 0.454 e. The molecule has 0 aliphatic rings. The van der Waals surface area contributed by atoms with Crippen LogP contribution in [-0.4, -0.2) is 38.0 Å². The molecule has 1 N–H and O–H groups in total. The molecule has 0 unspecified atom stereocenters. The van der Waals surface area contributed by atoms with E-state index in [2.05, 4.69) is 5.32 Å². The first-order valence-electron chi connectivity index (χ1n) is 7.49. The minimum absolute atomic E-state index is 0.261. The molecule has 0 spiro atoms. The first kappa shape index (κ1) is 18.5. The molecule has 0 saturated carbocycles. The first-order chi connectivity index (χ1) is 12.0. The number of hydrogen-bond donors (Lipinski definition) is 1. The maximum atomic E-state index is 12.0. The van der Waals surface area contributed by atoms with Gasteiger partial charge in [0.25, 0.3) is 11.8 Å². The number of ether oxygens (including phenoxy) is 1. The summed E-state index contributed by atoms with van der Waals surface area (Å²) in [5.41, 5.74) is 0.951. The highest BCUT2D eigenvalue weighted by Crippen LogP contribution is 2.14. The summed E-state index contributed by atoms with van der Waals surface area (Å²) in [7, 11) is 1.59. The van der Waals surface area contributed by atoms with Crippen LogP contribution in [0.15, 0.2) is 54.6 Å². The van der Waals surface area contributed by atoms with E-state index < -0.39 is 18.5 Å². The Morgan fingerprint density at radius 3 is 2.36 bits per heavy atom. The van der Waals surface area contributed by atoms with Gasteiger partial charge in [0.05, 0.1) is 10.6 Å². The van der Waals surface area contributed by atoms with Gasteiger partial charge in [0.15, 0.2) is 6.61 Å². The second-order valence-corrected chi connectivity index (χ2v) is 5.52. The second kappa shape index (κ2) is 8.84. The number of esters is 1. The van der Waals surface area contributed by atoms with Crippen LogP contribution >= 0.6 is 11.6 Å². The van der Waals surface area contributed by atoms with Crippen molar-refractivity contribution in [3.05, 3.63) is 65.2 Å². The van der Waals surface area contributed by atoms with Gasteiger partial charge in [-0.2, -0.15) is 0 Å². The Kier molecular flexibility index (Phi) is 6.54. The van der Waals surface area contributed by atoms with Gasteiger partial charge in [-0.15, -0.1) is 0 Å². The maximum Gasteiger partial charge on any atom is 0.325 e. The van der Waals surface area contributed by atoms with Gasteiger partial charge < -0.3 is 15.0 Å². The van der Waals surface area contributed by atoms with E-state index in [1.807, 2.05) is 6.07 Å². The highest BCUT2D eigenvalue weighted by atomic mass is 35.5. The lowest BCUT2D eigenvalue weighted by atomic mass is 10.2. The Morgan fingerprint density at radius 2 is 1.68 bits per heavy atom. The average Bonchev–Trinajstić information content (AvgIpc) is 2.64. The van der Waals surface area contributed by atoms with Gasteiger partial charge in [0.1, 0.15) is 6.54 Å². The van der Waals surface area contributed by atoms with Crippen molar-refractivity contribution in [2.45, 2.75) is 0 Å². The summed E-state index contributed by atoms with van der Waals surface area (Å²) in [6, 6.07) is 15.5. The molecule has 0 radical (unpaired) electrons. The third-order valence-electron chi connectivity index (χ3n) is 3.39. The molecule has 2 aromatic carbocycles. The molecule has 0 atom stereocenters. The van der Waals surface area contributed by atoms with Gasteiger partial charge in [-0.3, -0.25) is 14.4 Å². The molecule has 0 aliphatic carbocycles. The van der Waals surface area contributed by atoms with Crippen molar-refractivity contribution in [2.24, 2.45) is 0 Å². The highest BCUT2D eigenvalue weighted by Gasteiger charge is 2.15. The Labute approximate surface area is 150 Å². The molecule has 0 saturated heterocycles. The lowest BCUT2D eigenvalue weighted by molar-refractivity contribution is -0.146. The van der Waals surface area contributed by atoms with E-state index in [9.17, 15) is 14.4 Å². The Balaban J connectivity index is 1.78. The van der Waals surface area contributed by atoms with Crippen LogP contribution < -0.4 is 10.2 Å². The van der Waals surface area contributed by atoms with E-state index in [0.29, 0.717) is 5.69 Å². The zero-order chi connectivity index (χ0) is 18.2. The fraction of sp³-hybridized carbons (Fsp3) is 0.167. The van der Waals surface area contributed by atoms with E-state index in [1.165, 1.54) is 4.90 Å². The molecular weight excluding hydrogens is 344 g/mol. The quantitative estimate of drug-likeness (QED) is 0.802. The number of likely N-dealkylation sites (N-methyl/N-ethyl adjacent to an activating group) is 1. The molecule has 0 bridgehead atoms. The fourth-order valence-electron chi connectivity index (χ4n) is 1.98. The standard InChI is InChI=1S/C18H17ClN2O4/c1-21(13-7-3-2-4-8-13)16(22)12-25-17(23)11-20-18(24)14-9-5-6-10-15(14)19/h2-10H,11-12H2,1H3,(H,20,24). The molecule has 130 valence electrons. The number of nitrogens with one attached hydrogen (secondary N) is 1. The predicted octanol–water partition coefficient (Wildman–Crippen LogP) is 2.28. The third-order valence-corrected chi connectivity index (χ3v) is 3.72. The van der Waals surface area contributed by atoms with Gasteiger partial charge in [-0.05, 0) is 24.3 Å². The first-order valence-corrected chi connectivity index (χ1v) is 7.87. The van der Waals surface area contributed by atoms with Crippen molar-refractivity contribution in [2.75, 3.05) is 25.1 Å². The molecule has 2 rings (SSSR count). The van der Waals surface area contributed by atoms with Crippen LogP contribution in [0.5, 0.6) is 0 Å². The zero-order valence-electron chi connectivity index (χ0n) is 13.6. The minimum Gasteiger partial charge on any atom is -0.454 e. The van der Waals surface area contributed by atoms with E-state index >= 15 is 0 Å². The van der Waals surface area contributed by atoms with Gasteiger partial charge in [0.2, 0.25) is 0 Å². The van der Waals surface area contributed by atoms with E-state index in [1.54, 1.807) is 55.6 Å². The average molecular weight is 361 g/mol. The number of anilines is 1. The summed E-state index contributed by atoms with van der Waals surface area (Å²) in [6.45, 7) is -0.765. The molecule has 0 heterocycles. The maximum absolute atomic E-state index is 12.0. The van der Waals surface area contributed by atoms with Crippen molar-refractivity contribution in [3.8, 4) is 0 Å².